The molecule has 1 aliphatic rings. The summed E-state index contributed by atoms with van der Waals surface area (Å²) in [6, 6.07) is 7.36. The van der Waals surface area contributed by atoms with Crippen LogP contribution in [0.15, 0.2) is 41.3 Å². The molecule has 0 saturated carbocycles. The van der Waals surface area contributed by atoms with Gasteiger partial charge in [-0.15, -0.1) is 0 Å². The summed E-state index contributed by atoms with van der Waals surface area (Å²) >= 11 is 0. The third-order valence-corrected chi connectivity index (χ3v) is 3.77. The van der Waals surface area contributed by atoms with Crippen molar-refractivity contribution in [2.75, 3.05) is 11.4 Å². The van der Waals surface area contributed by atoms with E-state index in [-0.39, 0.29) is 22.7 Å². The molecule has 1 aromatic heterocycles. The number of nitro groups is 1. The van der Waals surface area contributed by atoms with Crippen LogP contribution in [0.25, 0.3) is 0 Å². The Balaban J connectivity index is 1.99. The van der Waals surface area contributed by atoms with E-state index in [1.165, 1.54) is 33.9 Å². The molecule has 1 aliphatic heterocycles. The molecule has 22 heavy (non-hydrogen) atoms. The number of nitro benzene ring substituents is 1. The topological polar surface area (TPSA) is 85.4 Å². The number of amides is 1. The maximum absolute atomic E-state index is 12.6. The summed E-state index contributed by atoms with van der Waals surface area (Å²) in [5.74, 6) is -0.322. The Kier molecular flexibility index (Phi) is 3.25. The third kappa shape index (κ3) is 2.26. The minimum atomic E-state index is -0.487. The molecule has 0 radical (unpaired) electrons. The lowest BCUT2D eigenvalue weighted by atomic mass is 10.1. The number of rotatable bonds is 2. The van der Waals surface area contributed by atoms with E-state index in [0.717, 1.165) is 5.56 Å². The molecule has 1 aromatic carbocycles. The smallest absolute Gasteiger partial charge is 0.271 e. The van der Waals surface area contributed by atoms with Crippen LogP contribution in [0.3, 0.4) is 0 Å². The van der Waals surface area contributed by atoms with Crippen LogP contribution in [-0.2, 0) is 13.5 Å². The number of hydrogen-bond acceptors (Lipinski definition) is 4. The SMILES string of the molecule is Cn1ccc(C(=O)N2CCc3ccc([N+](=O)[O-])cc32)cc1=O. The van der Waals surface area contributed by atoms with Crippen LogP contribution in [0, 0.1) is 10.1 Å². The van der Waals surface area contributed by atoms with Crippen molar-refractivity contribution in [1.82, 2.24) is 4.57 Å². The Bertz CT molecular complexity index is 841. The predicted octanol–water partition coefficient (Wildman–Crippen LogP) is 1.50. The standard InChI is InChI=1S/C15H13N3O4/c1-16-6-4-11(8-14(16)19)15(20)17-7-5-10-2-3-12(18(21)22)9-13(10)17/h2-4,6,8-9H,5,7H2,1H3. The molecule has 1 amide bonds. The number of anilines is 1. The van der Waals surface area contributed by atoms with Gasteiger partial charge in [-0.2, -0.15) is 0 Å². The number of aromatic nitrogens is 1. The third-order valence-electron chi connectivity index (χ3n) is 3.77. The minimum Gasteiger partial charge on any atom is -0.319 e. The summed E-state index contributed by atoms with van der Waals surface area (Å²) in [7, 11) is 1.60. The maximum Gasteiger partial charge on any atom is 0.271 e. The van der Waals surface area contributed by atoms with Crippen LogP contribution < -0.4 is 10.5 Å². The summed E-state index contributed by atoms with van der Waals surface area (Å²) in [6.45, 7) is 0.449. The van der Waals surface area contributed by atoms with Gasteiger partial charge in [0.15, 0.2) is 0 Å². The van der Waals surface area contributed by atoms with Crippen LogP contribution in [0.5, 0.6) is 0 Å². The molecule has 7 nitrogen and oxygen atoms in total. The van der Waals surface area contributed by atoms with E-state index in [4.69, 9.17) is 0 Å². The molecule has 0 aliphatic carbocycles. The number of non-ortho nitro benzene ring substituents is 1. The first-order valence-electron chi connectivity index (χ1n) is 6.73. The number of carbonyl (C=O) groups excluding carboxylic acids is 1. The lowest BCUT2D eigenvalue weighted by Crippen LogP contribution is -2.30. The van der Waals surface area contributed by atoms with Crippen molar-refractivity contribution in [3.8, 4) is 0 Å². The number of benzene rings is 1. The zero-order chi connectivity index (χ0) is 15.9. The van der Waals surface area contributed by atoms with Gasteiger partial charge in [-0.05, 0) is 18.1 Å². The van der Waals surface area contributed by atoms with E-state index in [0.29, 0.717) is 18.7 Å². The fourth-order valence-electron chi connectivity index (χ4n) is 2.53. The maximum atomic E-state index is 12.6. The van der Waals surface area contributed by atoms with Crippen molar-refractivity contribution in [3.05, 3.63) is 68.1 Å². The molecule has 0 unspecified atom stereocenters. The lowest BCUT2D eigenvalue weighted by molar-refractivity contribution is -0.384. The molecule has 0 fully saturated rings. The van der Waals surface area contributed by atoms with Gasteiger partial charge in [-0.25, -0.2) is 0 Å². The highest BCUT2D eigenvalue weighted by atomic mass is 16.6. The van der Waals surface area contributed by atoms with E-state index in [1.54, 1.807) is 19.2 Å². The van der Waals surface area contributed by atoms with Gasteiger partial charge in [-0.3, -0.25) is 19.7 Å². The Morgan fingerprint density at radius 2 is 2.05 bits per heavy atom. The van der Waals surface area contributed by atoms with E-state index in [9.17, 15) is 19.7 Å². The van der Waals surface area contributed by atoms with Gasteiger partial charge in [0.25, 0.3) is 17.2 Å². The van der Waals surface area contributed by atoms with Crippen LogP contribution in [0.1, 0.15) is 15.9 Å². The van der Waals surface area contributed by atoms with E-state index >= 15 is 0 Å². The fraction of sp³-hybridized carbons (Fsp3) is 0.200. The summed E-state index contributed by atoms with van der Waals surface area (Å²) in [6.07, 6.45) is 2.17. The highest BCUT2D eigenvalue weighted by Crippen LogP contribution is 2.32. The average Bonchev–Trinajstić information content (AvgIpc) is 2.92. The minimum absolute atomic E-state index is 0.0533. The van der Waals surface area contributed by atoms with Crippen molar-refractivity contribution in [2.24, 2.45) is 7.05 Å². The molecule has 112 valence electrons. The fourth-order valence-corrected chi connectivity index (χ4v) is 2.53. The van der Waals surface area contributed by atoms with Crippen molar-refractivity contribution >= 4 is 17.3 Å². The Morgan fingerprint density at radius 3 is 2.73 bits per heavy atom. The van der Waals surface area contributed by atoms with Gasteiger partial charge in [0.2, 0.25) is 0 Å². The number of aryl methyl sites for hydroxylation is 1. The molecule has 0 bridgehead atoms. The molecule has 0 atom stereocenters. The Hall–Kier alpha value is -2.96. The van der Waals surface area contributed by atoms with Crippen LogP contribution >= 0.6 is 0 Å². The Labute approximate surface area is 125 Å². The summed E-state index contributed by atoms with van der Waals surface area (Å²) in [5, 5.41) is 10.9. The van der Waals surface area contributed by atoms with Crippen molar-refractivity contribution < 1.29 is 9.72 Å². The monoisotopic (exact) mass is 299 g/mol. The number of pyridine rings is 1. The molecule has 2 heterocycles. The zero-order valence-electron chi connectivity index (χ0n) is 11.9. The molecule has 2 aromatic rings. The number of nitrogens with zero attached hydrogens (tertiary/aromatic N) is 3. The lowest BCUT2D eigenvalue weighted by Gasteiger charge is -2.17. The highest BCUT2D eigenvalue weighted by molar-refractivity contribution is 6.07. The molecule has 0 saturated heterocycles. The van der Waals surface area contributed by atoms with Gasteiger partial charge in [-0.1, -0.05) is 6.07 Å². The number of fused-ring (bicyclic) bond motifs is 1. The number of carbonyl (C=O) groups is 1. The van der Waals surface area contributed by atoms with E-state index < -0.39 is 4.92 Å². The molecule has 0 spiro atoms. The first-order chi connectivity index (χ1) is 10.5. The first kappa shape index (κ1) is 14.0. The number of hydrogen-bond donors (Lipinski definition) is 0. The summed E-state index contributed by atoms with van der Waals surface area (Å²) in [4.78, 5) is 36.1. The summed E-state index contributed by atoms with van der Waals surface area (Å²) < 4.78 is 1.37. The molecule has 0 N–H and O–H groups in total. The zero-order valence-corrected chi connectivity index (χ0v) is 11.9. The quantitative estimate of drug-likeness (QED) is 0.621. The average molecular weight is 299 g/mol. The second-order valence-electron chi connectivity index (χ2n) is 5.14. The molecule has 3 rings (SSSR count). The predicted molar refractivity (Wildman–Crippen MR) is 80.2 cm³/mol. The van der Waals surface area contributed by atoms with Gasteiger partial charge in [0.05, 0.1) is 10.6 Å². The van der Waals surface area contributed by atoms with Gasteiger partial charge >= 0.3 is 0 Å². The molecular formula is C15H13N3O4. The van der Waals surface area contributed by atoms with Crippen LogP contribution in [0.4, 0.5) is 11.4 Å². The van der Waals surface area contributed by atoms with Gasteiger partial charge < -0.3 is 9.47 Å². The van der Waals surface area contributed by atoms with E-state index in [1.807, 2.05) is 0 Å². The largest absolute Gasteiger partial charge is 0.319 e. The van der Waals surface area contributed by atoms with Gasteiger partial charge in [0, 0.05) is 43.6 Å². The second kappa shape index (κ2) is 5.10. The first-order valence-corrected chi connectivity index (χ1v) is 6.73. The van der Waals surface area contributed by atoms with Crippen molar-refractivity contribution in [1.29, 1.82) is 0 Å². The van der Waals surface area contributed by atoms with Gasteiger partial charge in [0.1, 0.15) is 0 Å². The second-order valence-corrected chi connectivity index (χ2v) is 5.14. The normalized spacial score (nSPS) is 13.0. The van der Waals surface area contributed by atoms with Crippen molar-refractivity contribution in [3.63, 3.8) is 0 Å². The molecular weight excluding hydrogens is 286 g/mol. The molecule has 7 heteroatoms. The summed E-state index contributed by atoms with van der Waals surface area (Å²) in [5.41, 5.74) is 1.39. The highest BCUT2D eigenvalue weighted by Gasteiger charge is 2.27. The Morgan fingerprint density at radius 1 is 1.27 bits per heavy atom. The van der Waals surface area contributed by atoms with Crippen molar-refractivity contribution in [2.45, 2.75) is 6.42 Å². The van der Waals surface area contributed by atoms with E-state index in [2.05, 4.69) is 0 Å². The van der Waals surface area contributed by atoms with Crippen LogP contribution in [0.2, 0.25) is 0 Å². The van der Waals surface area contributed by atoms with Crippen LogP contribution in [-0.4, -0.2) is 21.9 Å².